The zero-order chi connectivity index (χ0) is 14.6. The predicted molar refractivity (Wildman–Crippen MR) is 88.9 cm³/mol. The lowest BCUT2D eigenvalue weighted by atomic mass is 10.1. The van der Waals surface area contributed by atoms with E-state index in [2.05, 4.69) is 28.9 Å². The number of benzene rings is 1. The summed E-state index contributed by atoms with van der Waals surface area (Å²) >= 11 is 3.54. The van der Waals surface area contributed by atoms with Crippen LogP contribution in [-0.2, 0) is 4.74 Å². The normalized spacial score (nSPS) is 12.3. The van der Waals surface area contributed by atoms with Crippen molar-refractivity contribution in [1.82, 2.24) is 0 Å². The van der Waals surface area contributed by atoms with Crippen molar-refractivity contribution in [3.8, 4) is 5.75 Å². The van der Waals surface area contributed by atoms with Crippen molar-refractivity contribution in [2.45, 2.75) is 51.6 Å². The topological polar surface area (TPSA) is 18.5 Å². The summed E-state index contributed by atoms with van der Waals surface area (Å²) in [5.74, 6) is 0.903. The van der Waals surface area contributed by atoms with Crippen LogP contribution >= 0.6 is 15.9 Å². The number of para-hydroxylation sites is 1. The molecule has 2 nitrogen and oxygen atoms in total. The van der Waals surface area contributed by atoms with Gasteiger partial charge in [0.15, 0.2) is 0 Å². The molecule has 0 heterocycles. The fraction of sp³-hybridized carbons (Fsp3) is 0.647. The quantitative estimate of drug-likeness (QED) is 0.390. The summed E-state index contributed by atoms with van der Waals surface area (Å²) in [6.45, 7) is 3.07. The second-order valence-electron chi connectivity index (χ2n) is 5.02. The van der Waals surface area contributed by atoms with E-state index in [4.69, 9.17) is 9.47 Å². The van der Waals surface area contributed by atoms with E-state index in [1.165, 1.54) is 32.1 Å². The summed E-state index contributed by atoms with van der Waals surface area (Å²) in [4.78, 5) is 0. The molecule has 0 N–H and O–H groups in total. The molecule has 0 spiro atoms. The lowest BCUT2D eigenvalue weighted by Gasteiger charge is -2.18. The van der Waals surface area contributed by atoms with Crippen LogP contribution in [0.3, 0.4) is 0 Å². The highest BCUT2D eigenvalue weighted by Gasteiger charge is 2.14. The third kappa shape index (κ3) is 6.27. The molecule has 1 aromatic rings. The summed E-state index contributed by atoms with van der Waals surface area (Å²) in [6, 6.07) is 8.08. The van der Waals surface area contributed by atoms with E-state index in [0.717, 1.165) is 29.7 Å². The second kappa shape index (κ2) is 11.2. The molecular weight excluding hydrogens is 316 g/mol. The zero-order valence-corrected chi connectivity index (χ0v) is 14.3. The van der Waals surface area contributed by atoms with Crippen molar-refractivity contribution in [3.63, 3.8) is 0 Å². The smallest absolute Gasteiger partial charge is 0.124 e. The number of methoxy groups -OCH3 is 1. The summed E-state index contributed by atoms with van der Waals surface area (Å²) < 4.78 is 11.4. The molecule has 0 aliphatic rings. The van der Waals surface area contributed by atoms with Gasteiger partial charge in [-0.05, 0) is 12.5 Å². The minimum absolute atomic E-state index is 0.0711. The SMILES string of the molecule is CCCCCCCCOC(CBr)c1ccccc1OC. The highest BCUT2D eigenvalue weighted by atomic mass is 79.9. The highest BCUT2D eigenvalue weighted by Crippen LogP contribution is 2.28. The molecule has 1 rings (SSSR count). The molecule has 1 atom stereocenters. The van der Waals surface area contributed by atoms with Crippen LogP contribution in [0.5, 0.6) is 5.75 Å². The van der Waals surface area contributed by atoms with Gasteiger partial charge in [-0.2, -0.15) is 0 Å². The zero-order valence-electron chi connectivity index (χ0n) is 12.7. The Labute approximate surface area is 132 Å². The first-order chi connectivity index (χ1) is 9.83. The summed E-state index contributed by atoms with van der Waals surface area (Å²) in [5.41, 5.74) is 1.12. The van der Waals surface area contributed by atoms with Crippen molar-refractivity contribution < 1.29 is 9.47 Å². The first-order valence-electron chi connectivity index (χ1n) is 7.64. The van der Waals surface area contributed by atoms with Crippen molar-refractivity contribution in [3.05, 3.63) is 29.8 Å². The lowest BCUT2D eigenvalue weighted by Crippen LogP contribution is -2.08. The van der Waals surface area contributed by atoms with Gasteiger partial charge in [-0.3, -0.25) is 0 Å². The van der Waals surface area contributed by atoms with Crippen LogP contribution in [0.25, 0.3) is 0 Å². The Morgan fingerprint density at radius 1 is 1.05 bits per heavy atom. The minimum atomic E-state index is 0.0711. The summed E-state index contributed by atoms with van der Waals surface area (Å²) in [6.07, 6.45) is 7.81. The number of unbranched alkanes of at least 4 members (excludes halogenated alkanes) is 5. The van der Waals surface area contributed by atoms with Gasteiger partial charge in [0.1, 0.15) is 5.75 Å². The molecule has 3 heteroatoms. The Hall–Kier alpha value is -0.540. The maximum Gasteiger partial charge on any atom is 0.124 e. The molecule has 0 saturated carbocycles. The van der Waals surface area contributed by atoms with Crippen LogP contribution in [0.4, 0.5) is 0 Å². The van der Waals surface area contributed by atoms with Crippen LogP contribution in [-0.4, -0.2) is 19.0 Å². The minimum Gasteiger partial charge on any atom is -0.496 e. The molecule has 0 aromatic heterocycles. The van der Waals surface area contributed by atoms with E-state index in [1.54, 1.807) is 7.11 Å². The standard InChI is InChI=1S/C17H27BrO2/c1-3-4-5-6-7-10-13-20-17(14-18)15-11-8-9-12-16(15)19-2/h8-9,11-12,17H,3-7,10,13-14H2,1-2H3. The maximum atomic E-state index is 6.00. The third-order valence-electron chi connectivity index (χ3n) is 3.44. The second-order valence-corrected chi connectivity index (χ2v) is 5.67. The van der Waals surface area contributed by atoms with E-state index in [1.807, 2.05) is 18.2 Å². The number of ether oxygens (including phenoxy) is 2. The van der Waals surface area contributed by atoms with Crippen molar-refractivity contribution >= 4 is 15.9 Å². The Balaban J connectivity index is 2.32. The first kappa shape index (κ1) is 17.5. The molecule has 20 heavy (non-hydrogen) atoms. The monoisotopic (exact) mass is 342 g/mol. The number of hydrogen-bond acceptors (Lipinski definition) is 2. The van der Waals surface area contributed by atoms with E-state index < -0.39 is 0 Å². The van der Waals surface area contributed by atoms with Crippen LogP contribution in [0.1, 0.15) is 57.1 Å². The van der Waals surface area contributed by atoms with Gasteiger partial charge >= 0.3 is 0 Å². The fourth-order valence-electron chi connectivity index (χ4n) is 2.26. The fourth-order valence-corrected chi connectivity index (χ4v) is 2.79. The molecule has 0 radical (unpaired) electrons. The van der Waals surface area contributed by atoms with Crippen molar-refractivity contribution in [1.29, 1.82) is 0 Å². The van der Waals surface area contributed by atoms with Gasteiger partial charge in [-0.25, -0.2) is 0 Å². The molecule has 0 bridgehead atoms. The molecule has 114 valence electrons. The van der Waals surface area contributed by atoms with E-state index in [0.29, 0.717) is 0 Å². The average Bonchev–Trinajstić information content (AvgIpc) is 2.50. The van der Waals surface area contributed by atoms with E-state index >= 15 is 0 Å². The number of rotatable bonds is 11. The Bertz CT molecular complexity index is 355. The molecule has 1 aromatic carbocycles. The van der Waals surface area contributed by atoms with Crippen molar-refractivity contribution in [2.75, 3.05) is 19.0 Å². The third-order valence-corrected chi connectivity index (χ3v) is 4.03. The average molecular weight is 343 g/mol. The maximum absolute atomic E-state index is 6.00. The van der Waals surface area contributed by atoms with Gasteiger partial charge in [0.2, 0.25) is 0 Å². The number of alkyl halides is 1. The molecule has 1 unspecified atom stereocenters. The first-order valence-corrected chi connectivity index (χ1v) is 8.76. The Kier molecular flexibility index (Phi) is 9.77. The van der Waals surface area contributed by atoms with Crippen LogP contribution in [0.15, 0.2) is 24.3 Å². The number of halogens is 1. The summed E-state index contributed by atoms with van der Waals surface area (Å²) in [5, 5.41) is 0.795. The Morgan fingerprint density at radius 3 is 2.45 bits per heavy atom. The molecule has 0 aliphatic heterocycles. The van der Waals surface area contributed by atoms with Gasteiger partial charge in [0, 0.05) is 17.5 Å². The molecule has 0 saturated heterocycles. The van der Waals surface area contributed by atoms with Gasteiger partial charge in [0.25, 0.3) is 0 Å². The Morgan fingerprint density at radius 2 is 1.75 bits per heavy atom. The van der Waals surface area contributed by atoms with E-state index in [-0.39, 0.29) is 6.10 Å². The molecule has 0 amide bonds. The van der Waals surface area contributed by atoms with Gasteiger partial charge < -0.3 is 9.47 Å². The van der Waals surface area contributed by atoms with Gasteiger partial charge in [-0.15, -0.1) is 0 Å². The molecule has 0 aliphatic carbocycles. The van der Waals surface area contributed by atoms with E-state index in [9.17, 15) is 0 Å². The van der Waals surface area contributed by atoms with Gasteiger partial charge in [0.05, 0.1) is 13.2 Å². The van der Waals surface area contributed by atoms with Gasteiger partial charge in [-0.1, -0.05) is 73.2 Å². The van der Waals surface area contributed by atoms with Crippen LogP contribution in [0.2, 0.25) is 0 Å². The lowest BCUT2D eigenvalue weighted by molar-refractivity contribution is 0.0651. The predicted octanol–water partition coefficient (Wildman–Crippen LogP) is 5.51. The number of hydrogen-bond donors (Lipinski definition) is 0. The summed E-state index contributed by atoms with van der Waals surface area (Å²) in [7, 11) is 1.71. The molecule has 0 fully saturated rings. The molecular formula is C17H27BrO2. The van der Waals surface area contributed by atoms with Crippen LogP contribution in [0, 0.1) is 0 Å². The van der Waals surface area contributed by atoms with Crippen LogP contribution < -0.4 is 4.74 Å². The highest BCUT2D eigenvalue weighted by molar-refractivity contribution is 9.09. The van der Waals surface area contributed by atoms with Crippen molar-refractivity contribution in [2.24, 2.45) is 0 Å². The largest absolute Gasteiger partial charge is 0.496 e.